The zero-order chi connectivity index (χ0) is 17.9. The van der Waals surface area contributed by atoms with E-state index in [4.69, 9.17) is 13.9 Å². The van der Waals surface area contributed by atoms with Crippen LogP contribution in [-0.2, 0) is 20.9 Å². The van der Waals surface area contributed by atoms with E-state index in [0.717, 1.165) is 4.88 Å². The molecular weight excluding hydrogens is 356 g/mol. The first-order valence-corrected chi connectivity index (χ1v) is 8.77. The molecule has 0 radical (unpaired) electrons. The molecule has 3 aromatic rings. The summed E-state index contributed by atoms with van der Waals surface area (Å²) in [6, 6.07) is 10.8. The molecule has 132 valence electrons. The van der Waals surface area contributed by atoms with E-state index < -0.39 is 12.1 Å². The second-order valence-electron chi connectivity index (χ2n) is 5.58. The lowest BCUT2D eigenvalue weighted by molar-refractivity contribution is -0.149. The van der Waals surface area contributed by atoms with E-state index in [1.54, 1.807) is 24.3 Å². The summed E-state index contributed by atoms with van der Waals surface area (Å²) in [7, 11) is 0. The Bertz CT molecular complexity index is 935. The van der Waals surface area contributed by atoms with Crippen molar-refractivity contribution in [1.29, 1.82) is 0 Å². The Labute approximate surface area is 152 Å². The highest BCUT2D eigenvalue weighted by atomic mass is 32.1. The van der Waals surface area contributed by atoms with Crippen molar-refractivity contribution in [2.24, 2.45) is 0 Å². The molecule has 8 heteroatoms. The Morgan fingerprint density at radius 2 is 2.15 bits per heavy atom. The molecule has 3 heterocycles. The van der Waals surface area contributed by atoms with Crippen LogP contribution in [0.5, 0.6) is 5.75 Å². The van der Waals surface area contributed by atoms with Crippen LogP contribution in [0.15, 0.2) is 52.5 Å². The molecule has 4 rings (SSSR count). The van der Waals surface area contributed by atoms with Crippen LogP contribution in [0, 0.1) is 0 Å². The smallest absolute Gasteiger partial charge is 0.310 e. The number of ether oxygens (including phenoxy) is 2. The quantitative estimate of drug-likeness (QED) is 0.694. The summed E-state index contributed by atoms with van der Waals surface area (Å²) >= 11 is 1.51. The van der Waals surface area contributed by atoms with Gasteiger partial charge < -0.3 is 19.2 Å². The summed E-state index contributed by atoms with van der Waals surface area (Å²) in [6.45, 7) is -0.0291. The number of amides is 1. The maximum absolute atomic E-state index is 12.0. The number of anilines is 1. The summed E-state index contributed by atoms with van der Waals surface area (Å²) in [4.78, 5) is 29.2. The van der Waals surface area contributed by atoms with Crippen LogP contribution in [0.1, 0.15) is 12.1 Å². The van der Waals surface area contributed by atoms with E-state index >= 15 is 0 Å². The molecule has 1 aromatic carbocycles. The van der Waals surface area contributed by atoms with Crippen LogP contribution in [0.4, 0.5) is 5.69 Å². The molecule has 0 bridgehead atoms. The number of thiophene rings is 1. The molecule has 1 N–H and O–H groups in total. The number of carbonyl (C=O) groups is 2. The molecule has 1 aliphatic rings. The Morgan fingerprint density at radius 3 is 3.00 bits per heavy atom. The zero-order valence-electron chi connectivity index (χ0n) is 13.5. The normalized spacial score (nSPS) is 15.7. The van der Waals surface area contributed by atoms with Gasteiger partial charge in [0.1, 0.15) is 24.3 Å². The van der Waals surface area contributed by atoms with Crippen molar-refractivity contribution in [2.45, 2.75) is 19.1 Å². The lowest BCUT2D eigenvalue weighted by atomic mass is 10.1. The fourth-order valence-electron chi connectivity index (χ4n) is 2.48. The molecule has 0 aliphatic carbocycles. The minimum atomic E-state index is -0.920. The van der Waals surface area contributed by atoms with Gasteiger partial charge in [0.2, 0.25) is 5.89 Å². The van der Waals surface area contributed by atoms with Gasteiger partial charge in [-0.05, 0) is 23.6 Å². The van der Waals surface area contributed by atoms with E-state index in [0.29, 0.717) is 23.0 Å². The average Bonchev–Trinajstić information content (AvgIpc) is 3.32. The predicted molar refractivity (Wildman–Crippen MR) is 93.7 cm³/mol. The number of hydrogen-bond donors (Lipinski definition) is 1. The van der Waals surface area contributed by atoms with Gasteiger partial charge in [0.25, 0.3) is 5.91 Å². The summed E-state index contributed by atoms with van der Waals surface area (Å²) in [5.41, 5.74) is 1.09. The Kier molecular flexibility index (Phi) is 4.40. The van der Waals surface area contributed by atoms with Crippen molar-refractivity contribution >= 4 is 28.9 Å². The third-order valence-electron chi connectivity index (χ3n) is 3.72. The van der Waals surface area contributed by atoms with Gasteiger partial charge in [-0.3, -0.25) is 9.59 Å². The van der Waals surface area contributed by atoms with Gasteiger partial charge in [-0.25, -0.2) is 4.98 Å². The number of nitrogens with zero attached hydrogens (tertiary/aromatic N) is 1. The highest BCUT2D eigenvalue weighted by Gasteiger charge is 2.30. The van der Waals surface area contributed by atoms with Crippen LogP contribution in [-0.4, -0.2) is 23.0 Å². The first-order chi connectivity index (χ1) is 12.7. The number of benzene rings is 1. The number of oxazole rings is 1. The topological polar surface area (TPSA) is 90.7 Å². The van der Waals surface area contributed by atoms with Crippen molar-refractivity contribution in [3.63, 3.8) is 0 Å². The highest BCUT2D eigenvalue weighted by Crippen LogP contribution is 2.29. The number of hydrogen-bond acceptors (Lipinski definition) is 7. The number of carbonyl (C=O) groups excluding carboxylic acids is 2. The van der Waals surface area contributed by atoms with Crippen molar-refractivity contribution < 1.29 is 23.5 Å². The third kappa shape index (κ3) is 3.45. The highest BCUT2D eigenvalue weighted by molar-refractivity contribution is 7.13. The number of nitrogens with one attached hydrogen (secondary N) is 1. The van der Waals surface area contributed by atoms with Gasteiger partial charge in [-0.15, -0.1) is 11.3 Å². The Balaban J connectivity index is 1.33. The standard InChI is InChI=1S/C18H14N2O5S/c21-16(8-14-17(22)20-12-4-1-2-5-13(12)25-14)23-9-11-10-24-18(19-11)15-6-3-7-26-15/h1-7,10,14H,8-9H2,(H,20,22)/t14-/m1/s1. The van der Waals surface area contributed by atoms with Crippen molar-refractivity contribution in [1.82, 2.24) is 4.98 Å². The van der Waals surface area contributed by atoms with E-state index in [1.807, 2.05) is 17.5 Å². The fraction of sp³-hybridized carbons (Fsp3) is 0.167. The fourth-order valence-corrected chi connectivity index (χ4v) is 3.13. The lowest BCUT2D eigenvalue weighted by Gasteiger charge is -2.25. The van der Waals surface area contributed by atoms with E-state index in [9.17, 15) is 9.59 Å². The summed E-state index contributed by atoms with van der Waals surface area (Å²) in [6.07, 6.45) is 0.342. The third-order valence-corrected chi connectivity index (χ3v) is 4.58. The molecule has 0 fully saturated rings. The maximum atomic E-state index is 12.0. The van der Waals surface area contributed by atoms with Gasteiger partial charge in [-0.2, -0.15) is 0 Å². The van der Waals surface area contributed by atoms with Crippen LogP contribution in [0.2, 0.25) is 0 Å². The molecule has 0 saturated carbocycles. The van der Waals surface area contributed by atoms with Crippen molar-refractivity contribution in [3.8, 4) is 16.5 Å². The summed E-state index contributed by atoms with van der Waals surface area (Å²) in [5, 5.41) is 4.63. The van der Waals surface area contributed by atoms with E-state index in [2.05, 4.69) is 10.3 Å². The molecule has 1 amide bonds. The van der Waals surface area contributed by atoms with Gasteiger partial charge in [-0.1, -0.05) is 18.2 Å². The first-order valence-electron chi connectivity index (χ1n) is 7.89. The van der Waals surface area contributed by atoms with Crippen LogP contribution < -0.4 is 10.1 Å². The molecule has 1 aliphatic heterocycles. The average molecular weight is 370 g/mol. The summed E-state index contributed by atoms with van der Waals surface area (Å²) < 4.78 is 16.1. The molecule has 26 heavy (non-hydrogen) atoms. The van der Waals surface area contributed by atoms with Gasteiger partial charge in [0, 0.05) is 0 Å². The minimum absolute atomic E-state index is 0.0291. The molecule has 7 nitrogen and oxygen atoms in total. The van der Waals surface area contributed by atoms with Crippen LogP contribution >= 0.6 is 11.3 Å². The minimum Gasteiger partial charge on any atom is -0.478 e. The number of esters is 1. The van der Waals surface area contributed by atoms with E-state index in [1.165, 1.54) is 17.6 Å². The largest absolute Gasteiger partial charge is 0.478 e. The molecule has 0 saturated heterocycles. The molecule has 2 aromatic heterocycles. The zero-order valence-corrected chi connectivity index (χ0v) is 14.3. The predicted octanol–water partition coefficient (Wildman–Crippen LogP) is 3.24. The number of rotatable bonds is 5. The Hall–Kier alpha value is -3.13. The molecular formula is C18H14N2O5S. The second-order valence-corrected chi connectivity index (χ2v) is 6.53. The maximum Gasteiger partial charge on any atom is 0.310 e. The molecule has 0 unspecified atom stereocenters. The SMILES string of the molecule is O=C(C[C@H]1Oc2ccccc2NC1=O)OCc1coc(-c2cccs2)n1. The first kappa shape index (κ1) is 16.3. The van der Waals surface area contributed by atoms with Gasteiger partial charge in [0.15, 0.2) is 6.10 Å². The van der Waals surface area contributed by atoms with Crippen LogP contribution in [0.25, 0.3) is 10.8 Å². The second kappa shape index (κ2) is 7.01. The van der Waals surface area contributed by atoms with Crippen LogP contribution in [0.3, 0.4) is 0 Å². The van der Waals surface area contributed by atoms with E-state index in [-0.39, 0.29) is 18.9 Å². The number of aromatic nitrogens is 1. The number of para-hydroxylation sites is 2. The van der Waals surface area contributed by atoms with Gasteiger partial charge in [0.05, 0.1) is 17.0 Å². The van der Waals surface area contributed by atoms with Crippen molar-refractivity contribution in [2.75, 3.05) is 5.32 Å². The molecule has 1 atom stereocenters. The lowest BCUT2D eigenvalue weighted by Crippen LogP contribution is -2.38. The monoisotopic (exact) mass is 370 g/mol. The molecule has 0 spiro atoms. The van der Waals surface area contributed by atoms with Gasteiger partial charge >= 0.3 is 5.97 Å². The number of fused-ring (bicyclic) bond motifs is 1. The summed E-state index contributed by atoms with van der Waals surface area (Å²) in [5.74, 6) is 0.0897. The Morgan fingerprint density at radius 1 is 1.27 bits per heavy atom. The van der Waals surface area contributed by atoms with Crippen molar-refractivity contribution in [3.05, 3.63) is 53.7 Å².